The minimum atomic E-state index is -1.06. The first-order chi connectivity index (χ1) is 6.34. The Bertz CT molecular complexity index is 248. The van der Waals surface area contributed by atoms with Crippen LogP contribution in [0.4, 0.5) is 0 Å². The number of nitrogens with zero attached hydrogens (tertiary/aromatic N) is 1. The highest BCUT2D eigenvalue weighted by Crippen LogP contribution is 2.02. The molecule has 5 nitrogen and oxygen atoms in total. The number of nitrogens with two attached hydrogens (primary N) is 1. The van der Waals surface area contributed by atoms with Crippen molar-refractivity contribution in [1.82, 2.24) is 4.90 Å². The Morgan fingerprint density at radius 1 is 1.43 bits per heavy atom. The van der Waals surface area contributed by atoms with Gasteiger partial charge >= 0.3 is 5.97 Å². The van der Waals surface area contributed by atoms with Gasteiger partial charge in [0.05, 0.1) is 6.54 Å². The lowest BCUT2D eigenvalue weighted by Gasteiger charge is -2.24. The third kappa shape index (κ3) is 4.61. The van der Waals surface area contributed by atoms with Crippen LogP contribution in [0.2, 0.25) is 0 Å². The van der Waals surface area contributed by atoms with E-state index >= 15 is 0 Å². The quantitative estimate of drug-likeness (QED) is 0.583. The Hall–Kier alpha value is -1.36. The van der Waals surface area contributed by atoms with Crippen molar-refractivity contribution in [2.24, 2.45) is 5.73 Å². The molecule has 0 aromatic rings. The van der Waals surface area contributed by atoms with Crippen LogP contribution in [0.25, 0.3) is 0 Å². The average Bonchev–Trinajstić information content (AvgIpc) is 2.01. The van der Waals surface area contributed by atoms with Crippen LogP contribution in [0.15, 0.2) is 12.2 Å². The van der Waals surface area contributed by atoms with Crippen LogP contribution in [-0.2, 0) is 9.59 Å². The smallest absolute Gasteiger partial charge is 0.332 e. The van der Waals surface area contributed by atoms with Gasteiger partial charge in [0, 0.05) is 18.2 Å². The average molecular weight is 200 g/mol. The zero-order chi connectivity index (χ0) is 11.3. The number of carboxylic acid groups (broad SMARTS) is 1. The standard InChI is InChI=1S/C9H16N2O3/c1-6(2)11(5-8(10)12)4-7(3)9(13)14/h6H,3-5H2,1-2H3,(H2,10,12)(H,13,14). The van der Waals surface area contributed by atoms with E-state index in [0.717, 1.165) is 0 Å². The van der Waals surface area contributed by atoms with E-state index in [4.69, 9.17) is 10.8 Å². The maximum Gasteiger partial charge on any atom is 0.332 e. The molecule has 0 spiro atoms. The van der Waals surface area contributed by atoms with Gasteiger partial charge in [0.25, 0.3) is 0 Å². The van der Waals surface area contributed by atoms with Crippen molar-refractivity contribution in [2.45, 2.75) is 19.9 Å². The zero-order valence-electron chi connectivity index (χ0n) is 8.49. The SMILES string of the molecule is C=C(CN(CC(N)=O)C(C)C)C(=O)O. The van der Waals surface area contributed by atoms with Gasteiger partial charge in [-0.2, -0.15) is 0 Å². The van der Waals surface area contributed by atoms with Crippen LogP contribution in [0.3, 0.4) is 0 Å². The molecule has 0 saturated heterocycles. The van der Waals surface area contributed by atoms with E-state index in [-0.39, 0.29) is 24.7 Å². The number of aliphatic carboxylic acids is 1. The van der Waals surface area contributed by atoms with Crippen molar-refractivity contribution in [1.29, 1.82) is 0 Å². The summed E-state index contributed by atoms with van der Waals surface area (Å²) in [7, 11) is 0. The first-order valence-electron chi connectivity index (χ1n) is 4.28. The van der Waals surface area contributed by atoms with Gasteiger partial charge in [-0.25, -0.2) is 4.79 Å². The van der Waals surface area contributed by atoms with Crippen LogP contribution in [0, 0.1) is 0 Å². The van der Waals surface area contributed by atoms with Crippen molar-refractivity contribution >= 4 is 11.9 Å². The summed E-state index contributed by atoms with van der Waals surface area (Å²) in [5, 5.41) is 8.60. The summed E-state index contributed by atoms with van der Waals surface area (Å²) in [5.74, 6) is -1.53. The molecule has 0 unspecified atom stereocenters. The minimum absolute atomic E-state index is 0.0456. The second-order valence-electron chi connectivity index (χ2n) is 3.37. The summed E-state index contributed by atoms with van der Waals surface area (Å²) in [4.78, 5) is 22.8. The second kappa shape index (κ2) is 5.39. The maximum absolute atomic E-state index is 10.7. The Labute approximate surface area is 83.2 Å². The molecule has 3 N–H and O–H groups in total. The van der Waals surface area contributed by atoms with Gasteiger partial charge in [0.15, 0.2) is 0 Å². The molecule has 80 valence electrons. The van der Waals surface area contributed by atoms with Crippen molar-refractivity contribution < 1.29 is 14.7 Å². The highest BCUT2D eigenvalue weighted by atomic mass is 16.4. The summed E-state index contributed by atoms with van der Waals surface area (Å²) < 4.78 is 0. The normalized spacial score (nSPS) is 10.6. The van der Waals surface area contributed by atoms with Crippen molar-refractivity contribution in [2.75, 3.05) is 13.1 Å². The molecule has 0 heterocycles. The van der Waals surface area contributed by atoms with Crippen LogP contribution >= 0.6 is 0 Å². The van der Waals surface area contributed by atoms with Crippen LogP contribution in [0.5, 0.6) is 0 Å². The Kier molecular flexibility index (Phi) is 4.86. The van der Waals surface area contributed by atoms with Crippen LogP contribution in [0.1, 0.15) is 13.8 Å². The summed E-state index contributed by atoms with van der Waals surface area (Å²) >= 11 is 0. The van der Waals surface area contributed by atoms with Crippen LogP contribution in [-0.4, -0.2) is 41.0 Å². The number of amides is 1. The zero-order valence-corrected chi connectivity index (χ0v) is 8.49. The highest BCUT2D eigenvalue weighted by molar-refractivity contribution is 5.86. The van der Waals surface area contributed by atoms with Crippen molar-refractivity contribution in [3.8, 4) is 0 Å². The molecule has 0 radical (unpaired) electrons. The van der Waals surface area contributed by atoms with Gasteiger partial charge in [0.1, 0.15) is 0 Å². The first-order valence-corrected chi connectivity index (χ1v) is 4.28. The fourth-order valence-electron chi connectivity index (χ4n) is 0.934. The number of hydrogen-bond acceptors (Lipinski definition) is 3. The van der Waals surface area contributed by atoms with E-state index in [0.29, 0.717) is 0 Å². The van der Waals surface area contributed by atoms with E-state index in [1.54, 1.807) is 4.90 Å². The van der Waals surface area contributed by atoms with Gasteiger partial charge in [-0.3, -0.25) is 9.69 Å². The molecule has 0 aromatic heterocycles. The Morgan fingerprint density at radius 2 is 1.93 bits per heavy atom. The lowest BCUT2D eigenvalue weighted by atomic mass is 10.2. The first kappa shape index (κ1) is 12.6. The largest absolute Gasteiger partial charge is 0.478 e. The lowest BCUT2D eigenvalue weighted by Crippen LogP contribution is -2.40. The second-order valence-corrected chi connectivity index (χ2v) is 3.37. The Balaban J connectivity index is 4.30. The summed E-state index contributed by atoms with van der Waals surface area (Å²) in [5.41, 5.74) is 5.08. The molecule has 5 heteroatoms. The van der Waals surface area contributed by atoms with Gasteiger partial charge in [-0.1, -0.05) is 6.58 Å². The summed E-state index contributed by atoms with van der Waals surface area (Å²) in [6.07, 6.45) is 0. The molecule has 0 aliphatic rings. The molecule has 0 aromatic carbocycles. The molecule has 0 atom stereocenters. The molecule has 0 rings (SSSR count). The topological polar surface area (TPSA) is 83.6 Å². The van der Waals surface area contributed by atoms with E-state index < -0.39 is 11.9 Å². The van der Waals surface area contributed by atoms with Gasteiger partial charge < -0.3 is 10.8 Å². The molecule has 0 aliphatic heterocycles. The number of carbonyl (C=O) groups excluding carboxylic acids is 1. The minimum Gasteiger partial charge on any atom is -0.478 e. The van der Waals surface area contributed by atoms with Crippen LogP contribution < -0.4 is 5.73 Å². The number of primary amides is 1. The molecule has 14 heavy (non-hydrogen) atoms. The molecule has 0 saturated carbocycles. The van der Waals surface area contributed by atoms with E-state index in [1.807, 2.05) is 13.8 Å². The molecular formula is C9H16N2O3. The monoisotopic (exact) mass is 200 g/mol. The van der Waals surface area contributed by atoms with Crippen molar-refractivity contribution in [3.05, 3.63) is 12.2 Å². The van der Waals surface area contributed by atoms with E-state index in [2.05, 4.69) is 6.58 Å². The lowest BCUT2D eigenvalue weighted by molar-refractivity contribution is -0.133. The molecule has 0 bridgehead atoms. The molecule has 1 amide bonds. The summed E-state index contributed by atoms with van der Waals surface area (Å²) in [6.45, 7) is 7.30. The maximum atomic E-state index is 10.7. The number of rotatable bonds is 6. The third-order valence-electron chi connectivity index (χ3n) is 1.79. The number of hydrogen-bond donors (Lipinski definition) is 2. The number of carbonyl (C=O) groups is 2. The fourth-order valence-corrected chi connectivity index (χ4v) is 0.934. The predicted molar refractivity (Wildman–Crippen MR) is 52.7 cm³/mol. The predicted octanol–water partition coefficient (Wildman–Crippen LogP) is -0.177. The number of carboxylic acids is 1. The van der Waals surface area contributed by atoms with E-state index in [1.165, 1.54) is 0 Å². The molecule has 0 fully saturated rings. The van der Waals surface area contributed by atoms with Gasteiger partial charge in [0.2, 0.25) is 5.91 Å². The van der Waals surface area contributed by atoms with Gasteiger partial charge in [-0.05, 0) is 13.8 Å². The van der Waals surface area contributed by atoms with E-state index in [9.17, 15) is 9.59 Å². The molecule has 0 aliphatic carbocycles. The molecular weight excluding hydrogens is 184 g/mol. The fraction of sp³-hybridized carbons (Fsp3) is 0.556. The van der Waals surface area contributed by atoms with Gasteiger partial charge in [-0.15, -0.1) is 0 Å². The summed E-state index contributed by atoms with van der Waals surface area (Å²) in [6, 6.07) is 0.0543. The van der Waals surface area contributed by atoms with Crippen molar-refractivity contribution in [3.63, 3.8) is 0 Å². The third-order valence-corrected chi connectivity index (χ3v) is 1.79. The highest BCUT2D eigenvalue weighted by Gasteiger charge is 2.15. The Morgan fingerprint density at radius 3 is 2.21 bits per heavy atom.